The Morgan fingerprint density at radius 3 is 2.48 bits per heavy atom. The van der Waals surface area contributed by atoms with Crippen LogP contribution < -0.4 is 5.43 Å². The highest BCUT2D eigenvalue weighted by molar-refractivity contribution is 6.30. The lowest BCUT2D eigenvalue weighted by Crippen LogP contribution is -2.24. The molecule has 1 aromatic heterocycles. The monoisotopic (exact) mass is 354 g/mol. The van der Waals surface area contributed by atoms with Gasteiger partial charge in [0.15, 0.2) is 0 Å². The zero-order valence-corrected chi connectivity index (χ0v) is 14.2. The van der Waals surface area contributed by atoms with Gasteiger partial charge in [-0.3, -0.25) is 4.79 Å². The maximum Gasteiger partial charge on any atom is 0.363 e. The predicted octanol–water partition coefficient (Wildman–Crippen LogP) is 3.55. The summed E-state index contributed by atoms with van der Waals surface area (Å²) in [5, 5.41) is 4.76. The van der Waals surface area contributed by atoms with Crippen LogP contribution in [0.1, 0.15) is 21.7 Å². The van der Waals surface area contributed by atoms with Crippen LogP contribution in [0.3, 0.4) is 0 Å². The van der Waals surface area contributed by atoms with Gasteiger partial charge in [-0.1, -0.05) is 41.9 Å². The molecular formula is C19H15ClN2O3. The lowest BCUT2D eigenvalue weighted by molar-refractivity contribution is 0.0461. The number of aromatic nitrogens is 2. The average molecular weight is 355 g/mol. The molecular weight excluding hydrogens is 340 g/mol. The molecule has 0 bridgehead atoms. The molecule has 0 saturated heterocycles. The van der Waals surface area contributed by atoms with Gasteiger partial charge >= 0.3 is 5.97 Å². The second-order valence-electron chi connectivity index (χ2n) is 5.45. The van der Waals surface area contributed by atoms with Gasteiger partial charge in [0, 0.05) is 16.8 Å². The molecule has 1 heterocycles. The van der Waals surface area contributed by atoms with E-state index >= 15 is 0 Å². The van der Waals surface area contributed by atoms with Crippen molar-refractivity contribution in [2.45, 2.75) is 13.5 Å². The van der Waals surface area contributed by atoms with Gasteiger partial charge in [0.2, 0.25) is 11.1 Å². The van der Waals surface area contributed by atoms with Gasteiger partial charge in [-0.15, -0.1) is 0 Å². The summed E-state index contributed by atoms with van der Waals surface area (Å²) in [5.41, 5.74) is 1.41. The van der Waals surface area contributed by atoms with Gasteiger partial charge in [-0.05, 0) is 36.8 Å². The second kappa shape index (κ2) is 7.32. The van der Waals surface area contributed by atoms with E-state index < -0.39 is 11.4 Å². The maximum atomic E-state index is 12.3. The number of halogens is 1. The van der Waals surface area contributed by atoms with Gasteiger partial charge in [0.25, 0.3) is 0 Å². The van der Waals surface area contributed by atoms with Crippen molar-refractivity contribution < 1.29 is 9.53 Å². The Kier molecular flexibility index (Phi) is 4.95. The van der Waals surface area contributed by atoms with Crippen LogP contribution in [0.4, 0.5) is 0 Å². The van der Waals surface area contributed by atoms with Crippen molar-refractivity contribution >= 4 is 17.6 Å². The Bertz CT molecular complexity index is 951. The van der Waals surface area contributed by atoms with E-state index in [4.69, 9.17) is 16.3 Å². The van der Waals surface area contributed by atoms with Crippen molar-refractivity contribution in [3.8, 4) is 5.69 Å². The summed E-state index contributed by atoms with van der Waals surface area (Å²) < 4.78 is 6.72. The number of nitrogens with zero attached hydrogens (tertiary/aromatic N) is 2. The molecule has 5 nitrogen and oxygen atoms in total. The molecule has 6 heteroatoms. The van der Waals surface area contributed by atoms with E-state index in [0.717, 1.165) is 5.56 Å². The molecule has 2 aromatic carbocycles. The van der Waals surface area contributed by atoms with Crippen LogP contribution in [0.5, 0.6) is 0 Å². The van der Waals surface area contributed by atoms with Crippen LogP contribution in [-0.4, -0.2) is 15.7 Å². The molecule has 0 aliphatic heterocycles. The van der Waals surface area contributed by atoms with Crippen molar-refractivity contribution in [3.63, 3.8) is 0 Å². The third-order valence-electron chi connectivity index (χ3n) is 3.58. The minimum absolute atomic E-state index is 0.0790. The normalized spacial score (nSPS) is 10.5. The standard InChI is InChI=1S/C19H15ClN2O3/c1-13-11-17(23)18(19(24)25-12-14-5-3-2-4-6-14)21-22(13)16-9-7-15(20)8-10-16/h2-11H,12H2,1H3. The molecule has 0 N–H and O–H groups in total. The minimum atomic E-state index is -0.753. The summed E-state index contributed by atoms with van der Waals surface area (Å²) in [6.45, 7) is 1.82. The van der Waals surface area contributed by atoms with Crippen molar-refractivity contribution in [3.05, 3.63) is 92.9 Å². The molecule has 3 aromatic rings. The summed E-state index contributed by atoms with van der Waals surface area (Å²) in [6, 6.07) is 17.5. The topological polar surface area (TPSA) is 61.2 Å². The Morgan fingerprint density at radius 2 is 1.80 bits per heavy atom. The third-order valence-corrected chi connectivity index (χ3v) is 3.84. The molecule has 0 saturated carbocycles. The number of esters is 1. The highest BCUT2D eigenvalue weighted by Gasteiger charge is 2.17. The van der Waals surface area contributed by atoms with E-state index in [1.165, 1.54) is 10.7 Å². The van der Waals surface area contributed by atoms with Crippen LogP contribution in [-0.2, 0) is 11.3 Å². The Morgan fingerprint density at radius 1 is 1.12 bits per heavy atom. The van der Waals surface area contributed by atoms with Gasteiger partial charge in [-0.25, -0.2) is 9.48 Å². The molecule has 0 aliphatic carbocycles. The largest absolute Gasteiger partial charge is 0.456 e. The molecule has 0 aliphatic rings. The SMILES string of the molecule is Cc1cc(=O)c(C(=O)OCc2ccccc2)nn1-c1ccc(Cl)cc1. The number of hydrogen-bond donors (Lipinski definition) is 0. The molecule has 126 valence electrons. The molecule has 25 heavy (non-hydrogen) atoms. The third kappa shape index (κ3) is 3.95. The molecule has 0 amide bonds. The van der Waals surface area contributed by atoms with Crippen molar-refractivity contribution in [2.75, 3.05) is 0 Å². The van der Waals surface area contributed by atoms with Crippen LogP contribution in [0.25, 0.3) is 5.69 Å². The second-order valence-corrected chi connectivity index (χ2v) is 5.88. The lowest BCUT2D eigenvalue weighted by atomic mass is 10.2. The first-order valence-electron chi connectivity index (χ1n) is 7.62. The molecule has 0 atom stereocenters. The number of hydrogen-bond acceptors (Lipinski definition) is 4. The molecule has 0 fully saturated rings. The van der Waals surface area contributed by atoms with Gasteiger partial charge in [0.05, 0.1) is 5.69 Å². The van der Waals surface area contributed by atoms with Crippen LogP contribution in [0.2, 0.25) is 5.02 Å². The first kappa shape index (κ1) is 16.9. The van der Waals surface area contributed by atoms with E-state index in [2.05, 4.69) is 5.10 Å². The summed E-state index contributed by atoms with van der Waals surface area (Å²) in [4.78, 5) is 24.4. The number of aryl methyl sites for hydroxylation is 1. The summed E-state index contributed by atoms with van der Waals surface area (Å²) in [5.74, 6) is -0.753. The number of carbonyl (C=O) groups excluding carboxylic acids is 1. The molecule has 0 spiro atoms. The fraction of sp³-hybridized carbons (Fsp3) is 0.105. The van der Waals surface area contributed by atoms with E-state index in [0.29, 0.717) is 16.4 Å². The highest BCUT2D eigenvalue weighted by Crippen LogP contribution is 2.14. The van der Waals surface area contributed by atoms with E-state index in [9.17, 15) is 9.59 Å². The van der Waals surface area contributed by atoms with Crippen molar-refractivity contribution in [1.82, 2.24) is 9.78 Å². The Labute approximate surface area is 149 Å². The van der Waals surface area contributed by atoms with Gasteiger partial charge in [-0.2, -0.15) is 5.10 Å². The minimum Gasteiger partial charge on any atom is -0.456 e. The first-order valence-corrected chi connectivity index (χ1v) is 8.00. The zero-order valence-electron chi connectivity index (χ0n) is 13.5. The molecule has 3 rings (SSSR count). The van der Waals surface area contributed by atoms with Crippen molar-refractivity contribution in [2.24, 2.45) is 0 Å². The fourth-order valence-corrected chi connectivity index (χ4v) is 2.45. The van der Waals surface area contributed by atoms with E-state index in [-0.39, 0.29) is 12.3 Å². The quantitative estimate of drug-likeness (QED) is 0.672. The van der Waals surface area contributed by atoms with E-state index in [1.807, 2.05) is 30.3 Å². The molecule has 0 radical (unpaired) electrons. The molecule has 0 unspecified atom stereocenters. The fourth-order valence-electron chi connectivity index (χ4n) is 2.32. The average Bonchev–Trinajstić information content (AvgIpc) is 2.62. The predicted molar refractivity (Wildman–Crippen MR) is 95.1 cm³/mol. The Balaban J connectivity index is 1.88. The van der Waals surface area contributed by atoms with E-state index in [1.54, 1.807) is 31.2 Å². The summed E-state index contributed by atoms with van der Waals surface area (Å²) in [6.07, 6.45) is 0. The smallest absolute Gasteiger partial charge is 0.363 e. The number of ether oxygens (including phenoxy) is 1. The van der Waals surface area contributed by atoms with Crippen LogP contribution in [0.15, 0.2) is 65.5 Å². The van der Waals surface area contributed by atoms with Crippen LogP contribution >= 0.6 is 11.6 Å². The zero-order chi connectivity index (χ0) is 17.8. The summed E-state index contributed by atoms with van der Waals surface area (Å²) >= 11 is 5.89. The van der Waals surface area contributed by atoms with Gasteiger partial charge in [0.1, 0.15) is 6.61 Å². The lowest BCUT2D eigenvalue weighted by Gasteiger charge is -2.11. The number of carbonyl (C=O) groups is 1. The summed E-state index contributed by atoms with van der Waals surface area (Å²) in [7, 11) is 0. The maximum absolute atomic E-state index is 12.3. The highest BCUT2D eigenvalue weighted by atomic mass is 35.5. The van der Waals surface area contributed by atoms with Gasteiger partial charge < -0.3 is 4.74 Å². The van der Waals surface area contributed by atoms with Crippen molar-refractivity contribution in [1.29, 1.82) is 0 Å². The Hall–Kier alpha value is -2.92. The van der Waals surface area contributed by atoms with Crippen LogP contribution in [0, 0.1) is 6.92 Å². The number of benzene rings is 2. The first-order chi connectivity index (χ1) is 12.0. The number of rotatable bonds is 4.